The second kappa shape index (κ2) is 6.19. The average molecular weight is 283 g/mol. The molecule has 3 rings (SSSR count). The molecule has 0 bridgehead atoms. The van der Waals surface area contributed by atoms with Gasteiger partial charge in [0.2, 0.25) is 0 Å². The van der Waals surface area contributed by atoms with E-state index < -0.39 is 0 Å². The second-order valence-corrected chi connectivity index (χ2v) is 5.56. The Morgan fingerprint density at radius 1 is 1.14 bits per heavy atom. The maximum absolute atomic E-state index is 13.2. The lowest BCUT2D eigenvalue weighted by molar-refractivity contribution is 0.0944. The van der Waals surface area contributed by atoms with Crippen molar-refractivity contribution in [3.8, 4) is 0 Å². The van der Waals surface area contributed by atoms with E-state index in [-0.39, 0.29) is 11.6 Å². The third kappa shape index (κ3) is 3.37. The minimum absolute atomic E-state index is 0.0109. The Bertz CT molecular complexity index is 626. The van der Waals surface area contributed by atoms with Crippen molar-refractivity contribution in [3.63, 3.8) is 0 Å². The fourth-order valence-corrected chi connectivity index (χ4v) is 2.93. The minimum Gasteiger partial charge on any atom is -0.295 e. The summed E-state index contributed by atoms with van der Waals surface area (Å²) in [5, 5.41) is 0. The van der Waals surface area contributed by atoms with E-state index in [2.05, 4.69) is 29.2 Å². The number of hydrogen-bond donors (Lipinski definition) is 0. The zero-order chi connectivity index (χ0) is 14.7. The van der Waals surface area contributed by atoms with E-state index in [0.29, 0.717) is 18.0 Å². The molecule has 108 valence electrons. The van der Waals surface area contributed by atoms with Gasteiger partial charge in [0.15, 0.2) is 5.78 Å². The number of halogens is 1. The molecule has 0 radical (unpaired) electrons. The van der Waals surface area contributed by atoms with Gasteiger partial charge in [0.05, 0.1) is 6.54 Å². The smallest absolute Gasteiger partial charge is 0.176 e. The second-order valence-electron chi connectivity index (χ2n) is 5.56. The van der Waals surface area contributed by atoms with E-state index in [1.165, 1.54) is 17.7 Å². The molecule has 0 spiro atoms. The summed E-state index contributed by atoms with van der Waals surface area (Å²) in [6.07, 6.45) is 1.07. The van der Waals surface area contributed by atoms with Gasteiger partial charge in [-0.25, -0.2) is 4.39 Å². The van der Waals surface area contributed by atoms with Crippen LogP contribution in [0.1, 0.15) is 28.3 Å². The molecular formula is C18H18FNO. The van der Waals surface area contributed by atoms with Crippen LogP contribution in [0.15, 0.2) is 54.6 Å². The van der Waals surface area contributed by atoms with Crippen molar-refractivity contribution < 1.29 is 9.18 Å². The van der Waals surface area contributed by atoms with Crippen LogP contribution in [-0.4, -0.2) is 30.3 Å². The molecule has 2 aromatic rings. The molecule has 0 N–H and O–H groups in total. The number of nitrogens with zero attached hydrogens (tertiary/aromatic N) is 1. The first-order valence-electron chi connectivity index (χ1n) is 7.28. The zero-order valence-electron chi connectivity index (χ0n) is 11.8. The van der Waals surface area contributed by atoms with Crippen molar-refractivity contribution in [2.24, 2.45) is 0 Å². The Kier molecular flexibility index (Phi) is 4.11. The molecule has 1 heterocycles. The van der Waals surface area contributed by atoms with E-state index in [9.17, 15) is 9.18 Å². The first-order chi connectivity index (χ1) is 10.2. The molecule has 2 aromatic carbocycles. The summed E-state index contributed by atoms with van der Waals surface area (Å²) in [5.74, 6) is 0.124. The van der Waals surface area contributed by atoms with E-state index >= 15 is 0 Å². The van der Waals surface area contributed by atoms with Gasteiger partial charge >= 0.3 is 0 Å². The average Bonchev–Trinajstić information content (AvgIpc) is 2.97. The van der Waals surface area contributed by atoms with Crippen LogP contribution in [-0.2, 0) is 0 Å². The molecule has 0 aromatic heterocycles. The Hall–Kier alpha value is -2.00. The van der Waals surface area contributed by atoms with Gasteiger partial charge in [-0.2, -0.15) is 0 Å². The number of carbonyl (C=O) groups excluding carboxylic acids is 1. The number of hydrogen-bond acceptors (Lipinski definition) is 2. The lowest BCUT2D eigenvalue weighted by atomic mass is 9.99. The Balaban J connectivity index is 1.61. The molecule has 3 heteroatoms. The first kappa shape index (κ1) is 14.0. The highest BCUT2D eigenvalue weighted by Gasteiger charge is 2.25. The van der Waals surface area contributed by atoms with Crippen LogP contribution in [0.2, 0.25) is 0 Å². The third-order valence-corrected chi connectivity index (χ3v) is 4.06. The van der Waals surface area contributed by atoms with Gasteiger partial charge in [0, 0.05) is 12.1 Å². The van der Waals surface area contributed by atoms with Crippen LogP contribution in [0.5, 0.6) is 0 Å². The number of Topliss-reactive ketones (excluding diaryl/α,β-unsaturated/α-hetero) is 1. The van der Waals surface area contributed by atoms with Gasteiger partial charge in [0.25, 0.3) is 0 Å². The maximum atomic E-state index is 13.2. The maximum Gasteiger partial charge on any atom is 0.176 e. The monoisotopic (exact) mass is 283 g/mol. The van der Waals surface area contributed by atoms with E-state index in [4.69, 9.17) is 0 Å². The Labute approximate surface area is 124 Å². The van der Waals surface area contributed by atoms with Crippen LogP contribution in [0.4, 0.5) is 4.39 Å². The zero-order valence-corrected chi connectivity index (χ0v) is 11.8. The molecular weight excluding hydrogens is 265 g/mol. The first-order valence-corrected chi connectivity index (χ1v) is 7.28. The highest BCUT2D eigenvalue weighted by molar-refractivity contribution is 5.97. The summed E-state index contributed by atoms with van der Waals surface area (Å²) < 4.78 is 13.2. The van der Waals surface area contributed by atoms with E-state index in [1.54, 1.807) is 12.1 Å². The highest BCUT2D eigenvalue weighted by atomic mass is 19.1. The summed E-state index contributed by atoms with van der Waals surface area (Å²) in [5.41, 5.74) is 1.79. The van der Waals surface area contributed by atoms with Gasteiger partial charge in [-0.15, -0.1) is 0 Å². The standard InChI is InChI=1S/C18H18FNO/c19-17-8-4-7-15(11-17)18(21)13-20-10-9-16(12-20)14-5-2-1-3-6-14/h1-8,11,16H,9-10,12-13H2. The van der Waals surface area contributed by atoms with E-state index in [0.717, 1.165) is 19.5 Å². The third-order valence-electron chi connectivity index (χ3n) is 4.06. The summed E-state index contributed by atoms with van der Waals surface area (Å²) in [6, 6.07) is 16.3. The summed E-state index contributed by atoms with van der Waals surface area (Å²) >= 11 is 0. The number of benzene rings is 2. The summed E-state index contributed by atoms with van der Waals surface area (Å²) in [4.78, 5) is 14.3. The van der Waals surface area contributed by atoms with Crippen molar-refractivity contribution in [1.82, 2.24) is 4.90 Å². The minimum atomic E-state index is -0.357. The fraction of sp³-hybridized carbons (Fsp3) is 0.278. The molecule has 1 saturated heterocycles. The number of carbonyl (C=O) groups is 1. The molecule has 0 aliphatic carbocycles. The Morgan fingerprint density at radius 2 is 1.95 bits per heavy atom. The van der Waals surface area contributed by atoms with Gasteiger partial charge in [-0.3, -0.25) is 9.69 Å². The van der Waals surface area contributed by atoms with Crippen LogP contribution in [0.25, 0.3) is 0 Å². The number of likely N-dealkylation sites (tertiary alicyclic amines) is 1. The van der Waals surface area contributed by atoms with Gasteiger partial charge in [0.1, 0.15) is 5.82 Å². The van der Waals surface area contributed by atoms with Crippen LogP contribution >= 0.6 is 0 Å². The summed E-state index contributed by atoms with van der Waals surface area (Å²) in [7, 11) is 0. The lowest BCUT2D eigenvalue weighted by Gasteiger charge is -2.15. The molecule has 0 saturated carbocycles. The van der Waals surface area contributed by atoms with Gasteiger partial charge in [-0.05, 0) is 36.6 Å². The van der Waals surface area contributed by atoms with Crippen LogP contribution in [0.3, 0.4) is 0 Å². The Morgan fingerprint density at radius 3 is 2.71 bits per heavy atom. The molecule has 1 aliphatic heterocycles. The van der Waals surface area contributed by atoms with Gasteiger partial charge < -0.3 is 0 Å². The van der Waals surface area contributed by atoms with Crippen molar-refractivity contribution >= 4 is 5.78 Å². The number of ketones is 1. The van der Waals surface area contributed by atoms with E-state index in [1.807, 2.05) is 6.07 Å². The SMILES string of the molecule is O=C(CN1CCC(c2ccccc2)C1)c1cccc(F)c1. The molecule has 1 atom stereocenters. The predicted molar refractivity (Wildman–Crippen MR) is 81.0 cm³/mol. The van der Waals surface area contributed by atoms with Crippen LogP contribution in [0, 0.1) is 5.82 Å². The lowest BCUT2D eigenvalue weighted by Crippen LogP contribution is -2.27. The largest absolute Gasteiger partial charge is 0.295 e. The quantitative estimate of drug-likeness (QED) is 0.800. The molecule has 21 heavy (non-hydrogen) atoms. The predicted octanol–water partition coefficient (Wildman–Crippen LogP) is 3.50. The fourth-order valence-electron chi connectivity index (χ4n) is 2.93. The highest BCUT2D eigenvalue weighted by Crippen LogP contribution is 2.26. The van der Waals surface area contributed by atoms with Crippen LogP contribution < -0.4 is 0 Å². The normalized spacial score (nSPS) is 18.8. The summed E-state index contributed by atoms with van der Waals surface area (Å²) in [6.45, 7) is 2.18. The number of rotatable bonds is 4. The molecule has 1 unspecified atom stereocenters. The molecule has 2 nitrogen and oxygen atoms in total. The van der Waals surface area contributed by atoms with Crippen molar-refractivity contribution in [1.29, 1.82) is 0 Å². The molecule has 1 aliphatic rings. The van der Waals surface area contributed by atoms with Gasteiger partial charge in [-0.1, -0.05) is 42.5 Å². The van der Waals surface area contributed by atoms with Crippen molar-refractivity contribution in [2.45, 2.75) is 12.3 Å². The van der Waals surface area contributed by atoms with Crippen molar-refractivity contribution in [2.75, 3.05) is 19.6 Å². The molecule has 0 amide bonds. The van der Waals surface area contributed by atoms with Crippen molar-refractivity contribution in [3.05, 3.63) is 71.5 Å². The molecule has 1 fully saturated rings. The topological polar surface area (TPSA) is 20.3 Å².